The van der Waals surface area contributed by atoms with Gasteiger partial charge in [-0.05, 0) is 32.3 Å². The van der Waals surface area contributed by atoms with Gasteiger partial charge in [0.25, 0.3) is 0 Å². The summed E-state index contributed by atoms with van der Waals surface area (Å²) in [7, 11) is 3.80. The molecule has 0 aliphatic heterocycles. The topological polar surface area (TPSA) is 81.7 Å². The molecule has 19 heavy (non-hydrogen) atoms. The number of nitrogens with one attached hydrogen (secondary N) is 2. The third kappa shape index (κ3) is 5.58. The summed E-state index contributed by atoms with van der Waals surface area (Å²) in [5, 5.41) is 14.3. The third-order valence-corrected chi connectivity index (χ3v) is 2.47. The molecule has 0 aliphatic rings. The van der Waals surface area contributed by atoms with Crippen molar-refractivity contribution in [3.8, 4) is 0 Å². The largest absolute Gasteiger partial charge is 0.478 e. The molecular formula is C12H16ClN3O3. The van der Waals surface area contributed by atoms with Crippen LogP contribution in [0.25, 0.3) is 0 Å². The maximum absolute atomic E-state index is 11.6. The van der Waals surface area contributed by atoms with Crippen LogP contribution in [0.2, 0.25) is 5.02 Å². The van der Waals surface area contributed by atoms with E-state index in [0.717, 1.165) is 0 Å². The number of rotatable bonds is 5. The highest BCUT2D eigenvalue weighted by Crippen LogP contribution is 2.19. The number of anilines is 1. The lowest BCUT2D eigenvalue weighted by molar-refractivity contribution is 0.0697. The molecule has 0 atom stereocenters. The second kappa shape index (κ2) is 6.96. The van der Waals surface area contributed by atoms with Gasteiger partial charge in [-0.2, -0.15) is 0 Å². The van der Waals surface area contributed by atoms with E-state index in [9.17, 15) is 9.59 Å². The molecule has 0 saturated heterocycles. The molecular weight excluding hydrogens is 270 g/mol. The Morgan fingerprint density at radius 2 is 2.00 bits per heavy atom. The summed E-state index contributed by atoms with van der Waals surface area (Å²) in [5.74, 6) is -1.10. The van der Waals surface area contributed by atoms with Crippen molar-refractivity contribution < 1.29 is 14.7 Å². The van der Waals surface area contributed by atoms with Gasteiger partial charge in [0, 0.05) is 23.8 Å². The Kier molecular flexibility index (Phi) is 5.59. The van der Waals surface area contributed by atoms with Crippen LogP contribution in [0.15, 0.2) is 18.2 Å². The van der Waals surface area contributed by atoms with Crippen molar-refractivity contribution in [2.24, 2.45) is 0 Å². The molecule has 1 aromatic carbocycles. The van der Waals surface area contributed by atoms with E-state index < -0.39 is 12.0 Å². The fourth-order valence-electron chi connectivity index (χ4n) is 1.35. The average Bonchev–Trinajstić information content (AvgIpc) is 2.27. The molecule has 0 saturated carbocycles. The number of carboxylic acids is 1. The minimum absolute atomic E-state index is 0.0242. The number of likely N-dealkylation sites (N-methyl/N-ethyl adjacent to an activating group) is 1. The molecule has 0 spiro atoms. The van der Waals surface area contributed by atoms with Crippen molar-refractivity contribution in [2.75, 3.05) is 32.5 Å². The zero-order valence-corrected chi connectivity index (χ0v) is 11.5. The SMILES string of the molecule is CN(C)CCNC(=O)Nc1cc(Cl)cc(C(=O)O)c1. The average molecular weight is 286 g/mol. The number of hydrogen-bond acceptors (Lipinski definition) is 3. The molecule has 7 heteroatoms. The molecule has 0 unspecified atom stereocenters. The summed E-state index contributed by atoms with van der Waals surface area (Å²) >= 11 is 5.78. The zero-order valence-electron chi connectivity index (χ0n) is 10.7. The van der Waals surface area contributed by atoms with Gasteiger partial charge in [-0.15, -0.1) is 0 Å². The summed E-state index contributed by atoms with van der Waals surface area (Å²) in [6.45, 7) is 1.20. The van der Waals surface area contributed by atoms with Crippen molar-refractivity contribution in [3.05, 3.63) is 28.8 Å². The predicted molar refractivity (Wildman–Crippen MR) is 74.0 cm³/mol. The van der Waals surface area contributed by atoms with Crippen LogP contribution in [0.5, 0.6) is 0 Å². The van der Waals surface area contributed by atoms with Gasteiger partial charge in [0.1, 0.15) is 0 Å². The van der Waals surface area contributed by atoms with Crippen LogP contribution in [-0.4, -0.2) is 49.2 Å². The third-order valence-electron chi connectivity index (χ3n) is 2.25. The van der Waals surface area contributed by atoms with Gasteiger partial charge in [-0.3, -0.25) is 0 Å². The lowest BCUT2D eigenvalue weighted by Crippen LogP contribution is -2.34. The van der Waals surface area contributed by atoms with Crippen LogP contribution >= 0.6 is 11.6 Å². The number of nitrogens with zero attached hydrogens (tertiary/aromatic N) is 1. The van der Waals surface area contributed by atoms with E-state index in [2.05, 4.69) is 10.6 Å². The van der Waals surface area contributed by atoms with Gasteiger partial charge < -0.3 is 20.6 Å². The van der Waals surface area contributed by atoms with Gasteiger partial charge in [-0.25, -0.2) is 9.59 Å². The standard InChI is InChI=1S/C12H16ClN3O3/c1-16(2)4-3-14-12(19)15-10-6-8(11(17)18)5-9(13)7-10/h5-7H,3-4H2,1-2H3,(H,17,18)(H2,14,15,19). The highest BCUT2D eigenvalue weighted by atomic mass is 35.5. The second-order valence-electron chi connectivity index (χ2n) is 4.22. The molecule has 3 N–H and O–H groups in total. The highest BCUT2D eigenvalue weighted by Gasteiger charge is 2.08. The first-order chi connectivity index (χ1) is 8.88. The number of aromatic carboxylic acids is 1. The lowest BCUT2D eigenvalue weighted by Gasteiger charge is -2.11. The molecule has 104 valence electrons. The minimum Gasteiger partial charge on any atom is -0.478 e. The number of carbonyl (C=O) groups is 2. The van der Waals surface area contributed by atoms with E-state index in [1.165, 1.54) is 18.2 Å². The number of carbonyl (C=O) groups excluding carboxylic acids is 1. The summed E-state index contributed by atoms with van der Waals surface area (Å²) in [6, 6.07) is 3.75. The van der Waals surface area contributed by atoms with E-state index in [1.54, 1.807) is 0 Å². The van der Waals surface area contributed by atoms with Crippen LogP contribution in [0.4, 0.5) is 10.5 Å². The number of amides is 2. The normalized spacial score (nSPS) is 10.3. The molecule has 6 nitrogen and oxygen atoms in total. The Balaban J connectivity index is 2.61. The summed E-state index contributed by atoms with van der Waals surface area (Å²) in [5.41, 5.74) is 0.364. The summed E-state index contributed by atoms with van der Waals surface area (Å²) < 4.78 is 0. The number of halogens is 1. The van der Waals surface area contributed by atoms with Gasteiger partial charge in [0.15, 0.2) is 0 Å². The number of hydrogen-bond donors (Lipinski definition) is 3. The van der Waals surface area contributed by atoms with E-state index in [1.807, 2.05) is 19.0 Å². The maximum Gasteiger partial charge on any atom is 0.335 e. The van der Waals surface area contributed by atoms with Crippen molar-refractivity contribution in [3.63, 3.8) is 0 Å². The molecule has 0 heterocycles. The molecule has 0 fully saturated rings. The quantitative estimate of drug-likeness (QED) is 0.769. The van der Waals surface area contributed by atoms with Crippen molar-refractivity contribution in [2.45, 2.75) is 0 Å². The van der Waals surface area contributed by atoms with Crippen LogP contribution in [0.3, 0.4) is 0 Å². The van der Waals surface area contributed by atoms with Gasteiger partial charge in [0.05, 0.1) is 5.56 Å². The van der Waals surface area contributed by atoms with Crippen LogP contribution in [0, 0.1) is 0 Å². The Morgan fingerprint density at radius 1 is 1.32 bits per heavy atom. The van der Waals surface area contributed by atoms with Gasteiger partial charge in [0.2, 0.25) is 0 Å². The first-order valence-electron chi connectivity index (χ1n) is 5.62. The molecule has 0 radical (unpaired) electrons. The minimum atomic E-state index is -1.10. The van der Waals surface area contributed by atoms with Gasteiger partial charge >= 0.3 is 12.0 Å². The van der Waals surface area contributed by atoms with E-state index >= 15 is 0 Å². The fraction of sp³-hybridized carbons (Fsp3) is 0.333. The van der Waals surface area contributed by atoms with E-state index in [4.69, 9.17) is 16.7 Å². The van der Waals surface area contributed by atoms with Crippen molar-refractivity contribution in [1.29, 1.82) is 0 Å². The number of carboxylic acid groups (broad SMARTS) is 1. The van der Waals surface area contributed by atoms with Crippen LogP contribution in [-0.2, 0) is 0 Å². The number of urea groups is 1. The second-order valence-corrected chi connectivity index (χ2v) is 4.65. The maximum atomic E-state index is 11.6. The fourth-order valence-corrected chi connectivity index (χ4v) is 1.59. The lowest BCUT2D eigenvalue weighted by atomic mass is 10.2. The summed E-state index contributed by atoms with van der Waals surface area (Å²) in [6.07, 6.45) is 0. The Morgan fingerprint density at radius 3 is 2.58 bits per heavy atom. The van der Waals surface area contributed by atoms with Crippen LogP contribution in [0.1, 0.15) is 10.4 Å². The molecule has 2 amide bonds. The Hall–Kier alpha value is -1.79. The smallest absolute Gasteiger partial charge is 0.335 e. The van der Waals surface area contributed by atoms with Crippen LogP contribution < -0.4 is 10.6 Å². The molecule has 0 bridgehead atoms. The monoisotopic (exact) mass is 285 g/mol. The predicted octanol–water partition coefficient (Wildman–Crippen LogP) is 1.72. The first kappa shape index (κ1) is 15.3. The van der Waals surface area contributed by atoms with E-state index in [0.29, 0.717) is 18.8 Å². The van der Waals surface area contributed by atoms with Crippen molar-refractivity contribution in [1.82, 2.24) is 10.2 Å². The molecule has 1 rings (SSSR count). The van der Waals surface area contributed by atoms with E-state index in [-0.39, 0.29) is 10.6 Å². The molecule has 0 aliphatic carbocycles. The Labute approximate surface area is 116 Å². The zero-order chi connectivity index (χ0) is 14.4. The number of benzene rings is 1. The summed E-state index contributed by atoms with van der Waals surface area (Å²) in [4.78, 5) is 24.3. The molecule has 1 aromatic rings. The van der Waals surface area contributed by atoms with Crippen molar-refractivity contribution >= 4 is 29.3 Å². The Bertz CT molecular complexity index is 477. The van der Waals surface area contributed by atoms with Gasteiger partial charge in [-0.1, -0.05) is 11.6 Å². The highest BCUT2D eigenvalue weighted by molar-refractivity contribution is 6.31. The molecule has 0 aromatic heterocycles. The first-order valence-corrected chi connectivity index (χ1v) is 6.00.